The van der Waals surface area contributed by atoms with Gasteiger partial charge in [-0.05, 0) is 51.1 Å². The Kier molecular flexibility index (Phi) is 6.86. The summed E-state index contributed by atoms with van der Waals surface area (Å²) in [6.45, 7) is 4.49. The van der Waals surface area contributed by atoms with Gasteiger partial charge in [-0.25, -0.2) is 18.0 Å². The van der Waals surface area contributed by atoms with Gasteiger partial charge in [-0.15, -0.1) is 0 Å². The molecule has 0 bridgehead atoms. The molecule has 0 heterocycles. The maximum Gasteiger partial charge on any atom is 0.344 e. The third-order valence-corrected chi connectivity index (χ3v) is 4.84. The summed E-state index contributed by atoms with van der Waals surface area (Å²) in [6, 6.07) is 11.8. The Hall–Kier alpha value is -3.07. The van der Waals surface area contributed by atoms with Crippen molar-refractivity contribution in [3.8, 4) is 5.75 Å². The van der Waals surface area contributed by atoms with Crippen LogP contribution in [0.1, 0.15) is 31.1 Å². The number of carbonyl (C=O) groups excluding carboxylic acids is 2. The van der Waals surface area contributed by atoms with Crippen molar-refractivity contribution in [3.63, 3.8) is 0 Å². The quantitative estimate of drug-likeness (QED) is 0.685. The number of sulfonamides is 1. The third-order valence-electron chi connectivity index (χ3n) is 3.47. The summed E-state index contributed by atoms with van der Waals surface area (Å²) in [6.07, 6.45) is 0. The second kappa shape index (κ2) is 8.95. The average molecular weight is 421 g/mol. The predicted molar refractivity (Wildman–Crippen MR) is 106 cm³/mol. The van der Waals surface area contributed by atoms with Crippen molar-refractivity contribution in [2.45, 2.75) is 31.3 Å². The van der Waals surface area contributed by atoms with Gasteiger partial charge in [-0.2, -0.15) is 0 Å². The molecule has 2 rings (SSSR count). The van der Waals surface area contributed by atoms with Crippen LogP contribution in [0.5, 0.6) is 5.75 Å². The fraction of sp³-hybridized carbons (Fsp3) is 0.300. The maximum atomic E-state index is 12.7. The van der Waals surface area contributed by atoms with Crippen molar-refractivity contribution >= 4 is 27.6 Å². The van der Waals surface area contributed by atoms with E-state index in [4.69, 9.17) is 14.2 Å². The van der Waals surface area contributed by atoms with Crippen LogP contribution in [0.15, 0.2) is 53.4 Å². The molecule has 156 valence electrons. The van der Waals surface area contributed by atoms with Crippen LogP contribution in [0.4, 0.5) is 5.69 Å². The molecule has 1 N–H and O–H groups in total. The molecule has 0 radical (unpaired) electrons. The van der Waals surface area contributed by atoms with Gasteiger partial charge in [0.1, 0.15) is 11.4 Å². The van der Waals surface area contributed by atoms with E-state index in [2.05, 4.69) is 4.72 Å². The molecule has 0 saturated heterocycles. The summed E-state index contributed by atoms with van der Waals surface area (Å²) < 4.78 is 42.9. The highest BCUT2D eigenvalue weighted by molar-refractivity contribution is 7.92. The molecular formula is C20H23NO7S. The summed E-state index contributed by atoms with van der Waals surface area (Å²) in [5, 5.41) is 0. The molecule has 0 aliphatic rings. The highest BCUT2D eigenvalue weighted by atomic mass is 32.2. The number of methoxy groups -OCH3 is 1. The maximum absolute atomic E-state index is 12.7. The monoisotopic (exact) mass is 421 g/mol. The van der Waals surface area contributed by atoms with E-state index in [0.717, 1.165) is 6.07 Å². The highest BCUT2D eigenvalue weighted by Gasteiger charge is 2.21. The summed E-state index contributed by atoms with van der Waals surface area (Å²) >= 11 is 0. The minimum atomic E-state index is -3.99. The first-order chi connectivity index (χ1) is 13.5. The van der Waals surface area contributed by atoms with Crippen molar-refractivity contribution in [1.82, 2.24) is 0 Å². The fourth-order valence-corrected chi connectivity index (χ4v) is 3.42. The van der Waals surface area contributed by atoms with E-state index < -0.39 is 34.2 Å². The Morgan fingerprint density at radius 1 is 1.03 bits per heavy atom. The second-order valence-corrected chi connectivity index (χ2v) is 8.68. The van der Waals surface area contributed by atoms with Gasteiger partial charge in [0.15, 0.2) is 6.61 Å². The molecule has 2 aromatic carbocycles. The molecule has 2 aromatic rings. The molecule has 29 heavy (non-hydrogen) atoms. The van der Waals surface area contributed by atoms with Crippen LogP contribution in [0, 0.1) is 0 Å². The van der Waals surface area contributed by atoms with E-state index in [1.165, 1.54) is 25.3 Å². The summed E-state index contributed by atoms with van der Waals surface area (Å²) in [7, 11) is -2.56. The number of para-hydroxylation sites is 2. The molecular weight excluding hydrogens is 398 g/mol. The highest BCUT2D eigenvalue weighted by Crippen LogP contribution is 2.26. The van der Waals surface area contributed by atoms with E-state index in [9.17, 15) is 18.0 Å². The predicted octanol–water partition coefficient (Wildman–Crippen LogP) is 2.99. The van der Waals surface area contributed by atoms with E-state index in [-0.39, 0.29) is 16.1 Å². The lowest BCUT2D eigenvalue weighted by Crippen LogP contribution is -2.27. The molecule has 0 atom stereocenters. The SMILES string of the molecule is COc1ccccc1NS(=O)(=O)c1cccc(C(=O)OCC(=O)OC(C)(C)C)c1. The molecule has 0 fully saturated rings. The van der Waals surface area contributed by atoms with E-state index in [1.54, 1.807) is 45.0 Å². The smallest absolute Gasteiger partial charge is 0.344 e. The first kappa shape index (κ1) is 22.2. The number of anilines is 1. The normalized spacial score (nSPS) is 11.4. The van der Waals surface area contributed by atoms with Gasteiger partial charge >= 0.3 is 11.9 Å². The van der Waals surface area contributed by atoms with Gasteiger partial charge in [-0.1, -0.05) is 18.2 Å². The number of carbonyl (C=O) groups is 2. The van der Waals surface area contributed by atoms with Gasteiger partial charge in [0.05, 0.1) is 23.3 Å². The van der Waals surface area contributed by atoms with Gasteiger partial charge in [0.25, 0.3) is 10.0 Å². The zero-order chi connectivity index (χ0) is 21.7. The van der Waals surface area contributed by atoms with Crippen molar-refractivity contribution < 1.29 is 32.2 Å². The topological polar surface area (TPSA) is 108 Å². The van der Waals surface area contributed by atoms with E-state index in [0.29, 0.717) is 5.75 Å². The van der Waals surface area contributed by atoms with Crippen LogP contribution in [-0.4, -0.2) is 39.7 Å². The number of ether oxygens (including phenoxy) is 3. The average Bonchev–Trinajstić information content (AvgIpc) is 2.65. The van der Waals surface area contributed by atoms with Crippen molar-refractivity contribution in [2.24, 2.45) is 0 Å². The van der Waals surface area contributed by atoms with Crippen LogP contribution in [-0.2, 0) is 24.3 Å². The summed E-state index contributed by atoms with van der Waals surface area (Å²) in [5.41, 5.74) is -0.467. The summed E-state index contributed by atoms with van der Waals surface area (Å²) in [5.74, 6) is -1.19. The van der Waals surface area contributed by atoms with Gasteiger partial charge in [0, 0.05) is 0 Å². The van der Waals surface area contributed by atoms with Crippen LogP contribution >= 0.6 is 0 Å². The summed E-state index contributed by atoms with van der Waals surface area (Å²) in [4.78, 5) is 23.7. The Morgan fingerprint density at radius 3 is 2.38 bits per heavy atom. The van der Waals surface area contributed by atoms with Crippen LogP contribution in [0.3, 0.4) is 0 Å². The molecule has 0 aliphatic heterocycles. The minimum Gasteiger partial charge on any atom is -0.495 e. The van der Waals surface area contributed by atoms with Crippen LogP contribution < -0.4 is 9.46 Å². The van der Waals surface area contributed by atoms with E-state index >= 15 is 0 Å². The van der Waals surface area contributed by atoms with E-state index in [1.807, 2.05) is 0 Å². The lowest BCUT2D eigenvalue weighted by atomic mass is 10.2. The van der Waals surface area contributed by atoms with Crippen molar-refractivity contribution in [3.05, 3.63) is 54.1 Å². The third kappa shape index (κ3) is 6.49. The Morgan fingerprint density at radius 2 is 1.72 bits per heavy atom. The Bertz CT molecular complexity index is 994. The number of esters is 2. The number of rotatable bonds is 7. The molecule has 0 saturated carbocycles. The standard InChI is InChI=1S/C20H23NO7S/c1-20(2,3)28-18(22)13-27-19(23)14-8-7-9-15(12-14)29(24,25)21-16-10-5-6-11-17(16)26-4/h5-12,21H,13H2,1-4H3. The number of hydrogen-bond donors (Lipinski definition) is 1. The zero-order valence-corrected chi connectivity index (χ0v) is 17.4. The lowest BCUT2D eigenvalue weighted by Gasteiger charge is -2.19. The first-order valence-electron chi connectivity index (χ1n) is 8.67. The molecule has 0 amide bonds. The second-order valence-electron chi connectivity index (χ2n) is 7.00. The molecule has 0 aliphatic carbocycles. The molecule has 9 heteroatoms. The lowest BCUT2D eigenvalue weighted by molar-refractivity contribution is -0.158. The van der Waals surface area contributed by atoms with Crippen LogP contribution in [0.2, 0.25) is 0 Å². The molecule has 0 unspecified atom stereocenters. The van der Waals surface area contributed by atoms with Crippen LogP contribution in [0.25, 0.3) is 0 Å². The van der Waals surface area contributed by atoms with Gasteiger partial charge in [-0.3, -0.25) is 4.72 Å². The number of hydrogen-bond acceptors (Lipinski definition) is 7. The fourth-order valence-electron chi connectivity index (χ4n) is 2.30. The largest absolute Gasteiger partial charge is 0.495 e. The van der Waals surface area contributed by atoms with Crippen molar-refractivity contribution in [1.29, 1.82) is 0 Å². The zero-order valence-electron chi connectivity index (χ0n) is 16.6. The van der Waals surface area contributed by atoms with Crippen molar-refractivity contribution in [2.75, 3.05) is 18.4 Å². The minimum absolute atomic E-state index is 0.0172. The molecule has 0 aromatic heterocycles. The van der Waals surface area contributed by atoms with Gasteiger partial charge < -0.3 is 14.2 Å². The first-order valence-corrected chi connectivity index (χ1v) is 10.1. The number of benzene rings is 2. The Labute approximate surface area is 169 Å². The molecule has 8 nitrogen and oxygen atoms in total. The molecule has 0 spiro atoms. The van der Waals surface area contributed by atoms with Gasteiger partial charge in [0.2, 0.25) is 0 Å². The number of nitrogens with one attached hydrogen (secondary N) is 1. The Balaban J connectivity index is 2.13.